The van der Waals surface area contributed by atoms with Gasteiger partial charge in [-0.15, -0.1) is 0 Å². The van der Waals surface area contributed by atoms with Crippen molar-refractivity contribution >= 4 is 23.2 Å². The van der Waals surface area contributed by atoms with Crippen LogP contribution in [0.15, 0.2) is 36.4 Å². The smallest absolute Gasteiger partial charge is 0.166 e. The molecule has 0 unspecified atom stereocenters. The van der Waals surface area contributed by atoms with E-state index in [-0.39, 0.29) is 6.61 Å². The summed E-state index contributed by atoms with van der Waals surface area (Å²) in [5.41, 5.74) is 1.66. The highest BCUT2D eigenvalue weighted by molar-refractivity contribution is 6.35. The molecular formula is C18H21Cl2NO3. The molecule has 24 heavy (non-hydrogen) atoms. The second-order valence-corrected chi connectivity index (χ2v) is 6.23. The maximum atomic E-state index is 9.37. The summed E-state index contributed by atoms with van der Waals surface area (Å²) in [5, 5.41) is 13.7. The van der Waals surface area contributed by atoms with Gasteiger partial charge in [0.2, 0.25) is 0 Å². The number of ether oxygens (including phenoxy) is 2. The average Bonchev–Trinajstić information content (AvgIpc) is 2.54. The quantitative estimate of drug-likeness (QED) is 0.736. The number of aliphatic hydroxyl groups is 1. The minimum absolute atomic E-state index is 0.238. The Kier molecular flexibility index (Phi) is 7.18. The number of rotatable bonds is 8. The Morgan fingerprint density at radius 3 is 2.42 bits per heavy atom. The van der Waals surface area contributed by atoms with E-state index in [1.54, 1.807) is 32.2 Å². The Morgan fingerprint density at radius 2 is 1.79 bits per heavy atom. The zero-order chi connectivity index (χ0) is 17.5. The van der Waals surface area contributed by atoms with Gasteiger partial charge in [0.1, 0.15) is 6.61 Å². The number of aliphatic hydroxyl groups excluding tert-OH is 1. The fourth-order valence-corrected chi connectivity index (χ4v) is 2.76. The lowest BCUT2D eigenvalue weighted by atomic mass is 10.1. The topological polar surface area (TPSA) is 50.7 Å². The van der Waals surface area contributed by atoms with E-state index in [0.29, 0.717) is 34.6 Å². The molecule has 0 radical (unpaired) electrons. The molecule has 2 aromatic carbocycles. The summed E-state index contributed by atoms with van der Waals surface area (Å²) in [4.78, 5) is 0. The molecule has 0 aliphatic carbocycles. The van der Waals surface area contributed by atoms with Gasteiger partial charge in [0.15, 0.2) is 11.5 Å². The molecule has 4 nitrogen and oxygen atoms in total. The van der Waals surface area contributed by atoms with Gasteiger partial charge in [0.05, 0.1) is 13.2 Å². The van der Waals surface area contributed by atoms with E-state index in [2.05, 4.69) is 5.32 Å². The molecule has 2 aromatic rings. The van der Waals surface area contributed by atoms with Crippen LogP contribution in [0.5, 0.6) is 11.5 Å². The van der Waals surface area contributed by atoms with E-state index in [0.717, 1.165) is 11.1 Å². The van der Waals surface area contributed by atoms with Crippen molar-refractivity contribution in [1.29, 1.82) is 0 Å². The van der Waals surface area contributed by atoms with Gasteiger partial charge in [-0.1, -0.05) is 41.4 Å². The molecule has 0 saturated carbocycles. The molecule has 2 N–H and O–H groups in total. The SMILES string of the molecule is COc1cccc(CNC[C@@H](C)O)c1OCc1c(Cl)cccc1Cl. The molecule has 0 fully saturated rings. The highest BCUT2D eigenvalue weighted by atomic mass is 35.5. The second-order valence-electron chi connectivity index (χ2n) is 5.42. The molecule has 0 spiro atoms. The normalized spacial score (nSPS) is 12.0. The zero-order valence-electron chi connectivity index (χ0n) is 13.7. The maximum Gasteiger partial charge on any atom is 0.166 e. The molecular weight excluding hydrogens is 349 g/mol. The summed E-state index contributed by atoms with van der Waals surface area (Å²) >= 11 is 12.4. The Morgan fingerprint density at radius 1 is 1.12 bits per heavy atom. The standard InChI is InChI=1S/C18H21Cl2NO3/c1-12(22)9-21-10-13-5-3-8-17(23-2)18(13)24-11-14-15(19)6-4-7-16(14)20/h3-8,12,21-22H,9-11H2,1-2H3/t12-/m1/s1. The highest BCUT2D eigenvalue weighted by Crippen LogP contribution is 2.33. The molecule has 0 amide bonds. The zero-order valence-corrected chi connectivity index (χ0v) is 15.2. The lowest BCUT2D eigenvalue weighted by Crippen LogP contribution is -2.24. The van der Waals surface area contributed by atoms with Crippen LogP contribution in [0.3, 0.4) is 0 Å². The number of methoxy groups -OCH3 is 1. The number of nitrogens with one attached hydrogen (secondary N) is 1. The molecule has 2 rings (SSSR count). The first-order chi connectivity index (χ1) is 11.5. The largest absolute Gasteiger partial charge is 0.493 e. The summed E-state index contributed by atoms with van der Waals surface area (Å²) in [5.74, 6) is 1.27. The molecule has 0 aliphatic rings. The third-order valence-electron chi connectivity index (χ3n) is 3.46. The Hall–Kier alpha value is -1.46. The highest BCUT2D eigenvalue weighted by Gasteiger charge is 2.13. The van der Waals surface area contributed by atoms with Gasteiger partial charge in [-0.05, 0) is 25.1 Å². The van der Waals surface area contributed by atoms with Crippen molar-refractivity contribution in [2.45, 2.75) is 26.2 Å². The van der Waals surface area contributed by atoms with E-state index in [1.165, 1.54) is 0 Å². The van der Waals surface area contributed by atoms with E-state index >= 15 is 0 Å². The van der Waals surface area contributed by atoms with E-state index in [4.69, 9.17) is 32.7 Å². The molecule has 0 bridgehead atoms. The number of halogens is 2. The van der Waals surface area contributed by atoms with Gasteiger partial charge in [-0.3, -0.25) is 0 Å². The lowest BCUT2D eigenvalue weighted by molar-refractivity contribution is 0.190. The van der Waals surface area contributed by atoms with Crippen molar-refractivity contribution in [3.05, 3.63) is 57.6 Å². The first-order valence-electron chi connectivity index (χ1n) is 7.63. The number of hydrogen-bond acceptors (Lipinski definition) is 4. The van der Waals surface area contributed by atoms with Crippen LogP contribution < -0.4 is 14.8 Å². The summed E-state index contributed by atoms with van der Waals surface area (Å²) in [6.45, 7) is 3.01. The first kappa shape index (κ1) is 18.9. The van der Waals surface area contributed by atoms with Crippen molar-refractivity contribution in [3.63, 3.8) is 0 Å². The van der Waals surface area contributed by atoms with Crippen molar-refractivity contribution < 1.29 is 14.6 Å². The number of benzene rings is 2. The second kappa shape index (κ2) is 9.14. The van der Waals surface area contributed by atoms with E-state index in [1.807, 2.05) is 18.2 Å². The van der Waals surface area contributed by atoms with Gasteiger partial charge in [-0.2, -0.15) is 0 Å². The number of para-hydroxylation sites is 1. The lowest BCUT2D eigenvalue weighted by Gasteiger charge is -2.17. The third kappa shape index (κ3) is 5.02. The van der Waals surface area contributed by atoms with E-state index in [9.17, 15) is 5.11 Å². The molecule has 0 aliphatic heterocycles. The summed E-state index contributed by atoms with van der Waals surface area (Å²) < 4.78 is 11.4. The van der Waals surface area contributed by atoms with Crippen molar-refractivity contribution in [2.24, 2.45) is 0 Å². The van der Waals surface area contributed by atoms with Crippen LogP contribution in [0.1, 0.15) is 18.1 Å². The summed E-state index contributed by atoms with van der Waals surface area (Å²) in [7, 11) is 1.59. The van der Waals surface area contributed by atoms with Gasteiger partial charge in [-0.25, -0.2) is 0 Å². The van der Waals surface area contributed by atoms with Gasteiger partial charge >= 0.3 is 0 Å². The van der Waals surface area contributed by atoms with Gasteiger partial charge in [0, 0.05) is 34.3 Å². The molecule has 6 heteroatoms. The van der Waals surface area contributed by atoms with Gasteiger partial charge in [0.25, 0.3) is 0 Å². The fourth-order valence-electron chi connectivity index (χ4n) is 2.26. The Labute approximate surface area is 152 Å². The fraction of sp³-hybridized carbons (Fsp3) is 0.333. The van der Waals surface area contributed by atoms with Crippen LogP contribution in [0, 0.1) is 0 Å². The van der Waals surface area contributed by atoms with E-state index < -0.39 is 6.10 Å². The van der Waals surface area contributed by atoms with Crippen molar-refractivity contribution in [2.75, 3.05) is 13.7 Å². The van der Waals surface area contributed by atoms with Crippen molar-refractivity contribution in [3.8, 4) is 11.5 Å². The molecule has 1 atom stereocenters. The van der Waals surface area contributed by atoms with Crippen LogP contribution in [-0.4, -0.2) is 24.9 Å². The molecule has 0 saturated heterocycles. The summed E-state index contributed by atoms with van der Waals surface area (Å²) in [6.07, 6.45) is -0.415. The third-order valence-corrected chi connectivity index (χ3v) is 4.17. The number of hydrogen-bond donors (Lipinski definition) is 2. The van der Waals surface area contributed by atoms with Crippen LogP contribution in [0.2, 0.25) is 10.0 Å². The molecule has 130 valence electrons. The monoisotopic (exact) mass is 369 g/mol. The predicted molar refractivity (Wildman–Crippen MR) is 97.2 cm³/mol. The maximum absolute atomic E-state index is 9.37. The minimum atomic E-state index is -0.415. The Balaban J connectivity index is 2.18. The average molecular weight is 370 g/mol. The minimum Gasteiger partial charge on any atom is -0.493 e. The van der Waals surface area contributed by atoms with Crippen LogP contribution in [0.4, 0.5) is 0 Å². The molecule has 0 aromatic heterocycles. The van der Waals surface area contributed by atoms with Crippen LogP contribution in [-0.2, 0) is 13.2 Å². The first-order valence-corrected chi connectivity index (χ1v) is 8.39. The van der Waals surface area contributed by atoms with Crippen LogP contribution in [0.25, 0.3) is 0 Å². The summed E-state index contributed by atoms with van der Waals surface area (Å²) in [6, 6.07) is 11.0. The van der Waals surface area contributed by atoms with Crippen LogP contribution >= 0.6 is 23.2 Å². The predicted octanol–water partition coefficient (Wildman–Crippen LogP) is 4.05. The molecule has 0 heterocycles. The van der Waals surface area contributed by atoms with Gasteiger partial charge < -0.3 is 19.9 Å². The van der Waals surface area contributed by atoms with Crippen molar-refractivity contribution in [1.82, 2.24) is 5.32 Å². The Bertz CT molecular complexity index is 657.